The number of sulfonamides is 1. The number of anilines is 1. The van der Waals surface area contributed by atoms with Gasteiger partial charge in [-0.05, 0) is 12.8 Å². The van der Waals surface area contributed by atoms with Gasteiger partial charge in [-0.1, -0.05) is 12.8 Å². The van der Waals surface area contributed by atoms with Gasteiger partial charge in [0, 0.05) is 6.04 Å². The van der Waals surface area contributed by atoms with Crippen LogP contribution < -0.4 is 10.5 Å². The topological polar surface area (TPSA) is 101 Å². The van der Waals surface area contributed by atoms with E-state index in [9.17, 15) is 8.42 Å². The molecule has 1 aliphatic rings. The summed E-state index contributed by atoms with van der Waals surface area (Å²) in [6.45, 7) is 0. The molecule has 1 aromatic heterocycles. The minimum Gasteiger partial charge on any atom is -0.383 e. The van der Waals surface area contributed by atoms with Crippen LogP contribution in [0.15, 0.2) is 11.1 Å². The Kier molecular flexibility index (Phi) is 2.66. The van der Waals surface area contributed by atoms with Crippen LogP contribution in [0.5, 0.6) is 0 Å². The summed E-state index contributed by atoms with van der Waals surface area (Å²) in [5.74, 6) is 0.0838. The first-order valence-corrected chi connectivity index (χ1v) is 6.39. The summed E-state index contributed by atoms with van der Waals surface area (Å²) in [7, 11) is -3.50. The molecule has 6 nitrogen and oxygen atoms in total. The van der Waals surface area contributed by atoms with Crippen molar-refractivity contribution in [2.24, 2.45) is 0 Å². The van der Waals surface area contributed by atoms with Crippen molar-refractivity contribution in [3.63, 3.8) is 0 Å². The van der Waals surface area contributed by atoms with Gasteiger partial charge in [0.1, 0.15) is 10.7 Å². The Hall–Kier alpha value is -1.08. The largest absolute Gasteiger partial charge is 0.383 e. The molecule has 15 heavy (non-hydrogen) atoms. The molecule has 2 rings (SSSR count). The van der Waals surface area contributed by atoms with Gasteiger partial charge >= 0.3 is 0 Å². The third kappa shape index (κ3) is 2.13. The monoisotopic (exact) mass is 230 g/mol. The van der Waals surface area contributed by atoms with Crippen LogP contribution in [0.1, 0.15) is 25.7 Å². The molecular weight excluding hydrogens is 216 g/mol. The molecule has 1 aromatic rings. The van der Waals surface area contributed by atoms with Crippen LogP contribution >= 0.6 is 0 Å². The van der Waals surface area contributed by atoms with Gasteiger partial charge in [-0.15, -0.1) is 0 Å². The van der Waals surface area contributed by atoms with E-state index in [0.29, 0.717) is 0 Å². The summed E-state index contributed by atoms with van der Waals surface area (Å²) < 4.78 is 26.3. The number of hydrogen-bond donors (Lipinski definition) is 3. The van der Waals surface area contributed by atoms with E-state index in [0.717, 1.165) is 25.7 Å². The average molecular weight is 230 g/mol. The number of nitrogens with one attached hydrogen (secondary N) is 2. The van der Waals surface area contributed by atoms with Crippen LogP contribution in [0, 0.1) is 0 Å². The standard InChI is InChI=1S/C8H14N4O2S/c9-8-7(5-10-11-8)15(13,14)12-6-3-1-2-4-6/h5-6,12H,1-4H2,(H3,9,10,11). The molecular formula is C8H14N4O2S. The van der Waals surface area contributed by atoms with Crippen LogP contribution in [0.3, 0.4) is 0 Å². The second-order valence-electron chi connectivity index (χ2n) is 3.75. The molecule has 7 heteroatoms. The van der Waals surface area contributed by atoms with Crippen molar-refractivity contribution in [2.45, 2.75) is 36.6 Å². The normalized spacial score (nSPS) is 18.4. The minimum atomic E-state index is -3.50. The Morgan fingerprint density at radius 1 is 1.47 bits per heavy atom. The Bertz CT molecular complexity index is 433. The Morgan fingerprint density at radius 3 is 2.67 bits per heavy atom. The third-order valence-corrected chi connectivity index (χ3v) is 4.15. The SMILES string of the molecule is Nc1[nH]ncc1S(=O)(=O)NC1CCCC1. The summed E-state index contributed by atoms with van der Waals surface area (Å²) in [5.41, 5.74) is 5.46. The van der Waals surface area contributed by atoms with Crippen molar-refractivity contribution >= 4 is 15.8 Å². The molecule has 1 saturated carbocycles. The van der Waals surface area contributed by atoms with E-state index in [1.165, 1.54) is 6.20 Å². The van der Waals surface area contributed by atoms with E-state index in [1.54, 1.807) is 0 Å². The number of aromatic amines is 1. The van der Waals surface area contributed by atoms with E-state index in [1.807, 2.05) is 0 Å². The molecule has 0 unspecified atom stereocenters. The van der Waals surface area contributed by atoms with Gasteiger partial charge in [0.2, 0.25) is 10.0 Å². The van der Waals surface area contributed by atoms with Crippen molar-refractivity contribution in [3.05, 3.63) is 6.20 Å². The number of H-pyrrole nitrogens is 1. The van der Waals surface area contributed by atoms with Gasteiger partial charge in [0.05, 0.1) is 6.20 Å². The highest BCUT2D eigenvalue weighted by Gasteiger charge is 2.25. The van der Waals surface area contributed by atoms with Crippen LogP contribution in [0.2, 0.25) is 0 Å². The fourth-order valence-electron chi connectivity index (χ4n) is 1.83. The lowest BCUT2D eigenvalue weighted by atomic mass is 10.3. The van der Waals surface area contributed by atoms with Gasteiger partial charge in [-0.2, -0.15) is 5.10 Å². The molecule has 1 aliphatic carbocycles. The highest BCUT2D eigenvalue weighted by Crippen LogP contribution is 2.21. The highest BCUT2D eigenvalue weighted by atomic mass is 32.2. The van der Waals surface area contributed by atoms with E-state index in [4.69, 9.17) is 5.73 Å². The molecule has 0 atom stereocenters. The Balaban J connectivity index is 2.16. The maximum Gasteiger partial charge on any atom is 0.246 e. The maximum absolute atomic E-state index is 11.8. The quantitative estimate of drug-likeness (QED) is 0.691. The first-order valence-electron chi connectivity index (χ1n) is 4.91. The molecule has 1 fully saturated rings. The first kappa shape index (κ1) is 10.4. The predicted octanol–water partition coefficient (Wildman–Crippen LogP) is 0.213. The summed E-state index contributed by atoms with van der Waals surface area (Å²) in [5, 5.41) is 6.00. The summed E-state index contributed by atoms with van der Waals surface area (Å²) in [6, 6.07) is 0.0456. The van der Waals surface area contributed by atoms with Crippen LogP contribution in [0.25, 0.3) is 0 Å². The molecule has 4 N–H and O–H groups in total. The zero-order valence-corrected chi connectivity index (χ0v) is 9.05. The predicted molar refractivity (Wildman–Crippen MR) is 55.6 cm³/mol. The van der Waals surface area contributed by atoms with Gasteiger partial charge < -0.3 is 5.73 Å². The second kappa shape index (κ2) is 3.82. The lowest BCUT2D eigenvalue weighted by molar-refractivity contribution is 0.552. The van der Waals surface area contributed by atoms with Crippen LogP contribution in [0.4, 0.5) is 5.82 Å². The molecule has 0 aliphatic heterocycles. The molecule has 1 heterocycles. The molecule has 0 amide bonds. The van der Waals surface area contributed by atoms with Crippen molar-refractivity contribution in [2.75, 3.05) is 5.73 Å². The summed E-state index contributed by atoms with van der Waals surface area (Å²) in [4.78, 5) is 0.0365. The second-order valence-corrected chi connectivity index (χ2v) is 5.43. The van der Waals surface area contributed by atoms with Crippen molar-refractivity contribution in [1.82, 2.24) is 14.9 Å². The van der Waals surface area contributed by atoms with Gasteiger partial charge in [-0.3, -0.25) is 5.10 Å². The zero-order chi connectivity index (χ0) is 10.9. The Morgan fingerprint density at radius 2 is 2.13 bits per heavy atom. The van der Waals surface area contributed by atoms with Crippen LogP contribution in [-0.4, -0.2) is 24.7 Å². The summed E-state index contributed by atoms with van der Waals surface area (Å²) >= 11 is 0. The highest BCUT2D eigenvalue weighted by molar-refractivity contribution is 7.89. The number of hydrogen-bond acceptors (Lipinski definition) is 4. The lowest BCUT2D eigenvalue weighted by Crippen LogP contribution is -2.32. The molecule has 0 spiro atoms. The number of nitrogens with zero attached hydrogens (tertiary/aromatic N) is 1. The van der Waals surface area contributed by atoms with E-state index >= 15 is 0 Å². The maximum atomic E-state index is 11.8. The van der Waals surface area contributed by atoms with Crippen molar-refractivity contribution in [3.8, 4) is 0 Å². The third-order valence-electron chi connectivity index (χ3n) is 2.60. The van der Waals surface area contributed by atoms with Crippen molar-refractivity contribution in [1.29, 1.82) is 0 Å². The number of nitrogen functional groups attached to an aromatic ring is 1. The summed E-state index contributed by atoms with van der Waals surface area (Å²) in [6.07, 6.45) is 5.18. The molecule has 0 saturated heterocycles. The van der Waals surface area contributed by atoms with E-state index < -0.39 is 10.0 Å². The average Bonchev–Trinajstić information content (AvgIpc) is 2.75. The molecule has 0 bridgehead atoms. The molecule has 0 aromatic carbocycles. The Labute approximate surface area is 88.3 Å². The first-order chi connectivity index (χ1) is 7.09. The number of nitrogens with two attached hydrogens (primary N) is 1. The van der Waals surface area contributed by atoms with Crippen LogP contribution in [-0.2, 0) is 10.0 Å². The van der Waals surface area contributed by atoms with Gasteiger partial charge in [0.25, 0.3) is 0 Å². The smallest absolute Gasteiger partial charge is 0.246 e. The number of aromatic nitrogens is 2. The zero-order valence-electron chi connectivity index (χ0n) is 8.23. The lowest BCUT2D eigenvalue weighted by Gasteiger charge is -2.11. The fraction of sp³-hybridized carbons (Fsp3) is 0.625. The van der Waals surface area contributed by atoms with E-state index in [2.05, 4.69) is 14.9 Å². The van der Waals surface area contributed by atoms with Gasteiger partial charge in [0.15, 0.2) is 0 Å². The minimum absolute atomic E-state index is 0.0365. The molecule has 84 valence electrons. The van der Waals surface area contributed by atoms with E-state index in [-0.39, 0.29) is 16.8 Å². The van der Waals surface area contributed by atoms with Crippen molar-refractivity contribution < 1.29 is 8.42 Å². The fourth-order valence-corrected chi connectivity index (χ4v) is 3.15. The van der Waals surface area contributed by atoms with Gasteiger partial charge in [-0.25, -0.2) is 13.1 Å². The molecule has 0 radical (unpaired) electrons. The number of rotatable bonds is 3.